The fourth-order valence-corrected chi connectivity index (χ4v) is 15.4. The van der Waals surface area contributed by atoms with Crippen LogP contribution in [0.1, 0.15) is 25.0 Å². The second kappa shape index (κ2) is 12.2. The molecule has 1 heterocycles. The van der Waals surface area contributed by atoms with Gasteiger partial charge in [-0.15, -0.1) is 21.4 Å². The molecule has 2 heteroatoms. The van der Waals surface area contributed by atoms with Gasteiger partial charge in [-0.25, -0.2) is 0 Å². The van der Waals surface area contributed by atoms with Gasteiger partial charge in [0, 0.05) is 45.2 Å². The lowest BCUT2D eigenvalue weighted by molar-refractivity contribution is 0.661. The van der Waals surface area contributed by atoms with Gasteiger partial charge in [0.1, 0.15) is 0 Å². The third kappa shape index (κ3) is 4.51. The van der Waals surface area contributed by atoms with Crippen LogP contribution in [-0.4, -0.2) is 0 Å². The van der Waals surface area contributed by atoms with Crippen molar-refractivity contribution in [3.63, 3.8) is 0 Å². The first kappa shape index (κ1) is 33.0. The fraction of sp³-hybridized carbons (Fsp3) is 0.0545. The first-order valence-corrected chi connectivity index (χ1v) is 22.3. The van der Waals surface area contributed by atoms with Crippen molar-refractivity contribution in [1.29, 1.82) is 0 Å². The summed E-state index contributed by atoms with van der Waals surface area (Å²) >= 11 is 1.93. The number of rotatable bonds is 5. The van der Waals surface area contributed by atoms with E-state index in [4.69, 9.17) is 0 Å². The molecule has 1 aliphatic carbocycles. The molecule has 0 unspecified atom stereocenters. The monoisotopic (exact) mass is 762 g/mol. The van der Waals surface area contributed by atoms with Crippen LogP contribution < -0.4 is 0 Å². The molecule has 270 valence electrons. The predicted molar refractivity (Wildman–Crippen MR) is 246 cm³/mol. The maximum absolute atomic E-state index is 2.50. The normalized spacial score (nSPS) is 13.9. The molecule has 0 aliphatic heterocycles. The van der Waals surface area contributed by atoms with Crippen LogP contribution in [0.5, 0.6) is 0 Å². The Hall–Kier alpha value is -6.19. The molecule has 10 aromatic carbocycles. The van der Waals surface area contributed by atoms with Crippen molar-refractivity contribution in [2.45, 2.75) is 38.8 Å². The van der Waals surface area contributed by atoms with Crippen molar-refractivity contribution >= 4 is 73.9 Å². The van der Waals surface area contributed by atoms with Crippen LogP contribution in [0.3, 0.4) is 0 Å². The summed E-state index contributed by atoms with van der Waals surface area (Å²) in [6.07, 6.45) is 0. The Morgan fingerprint density at radius 3 is 1.61 bits per heavy atom. The SMILES string of the molecule is CC1(C)c2ccccc2-c2cc3c(cc21)sc1cccc(-c2ccc4ccc5c(S(c6ccccc6)(c6ccccc6)c6ccccc6)ccc6ccc2c4c65)c13. The van der Waals surface area contributed by atoms with Gasteiger partial charge in [0.05, 0.1) is 0 Å². The molecular weight excluding hydrogens is 725 g/mol. The summed E-state index contributed by atoms with van der Waals surface area (Å²) in [7, 11) is -1.88. The van der Waals surface area contributed by atoms with Crippen molar-refractivity contribution in [3.05, 3.63) is 205 Å². The maximum atomic E-state index is 2.50. The van der Waals surface area contributed by atoms with Crippen molar-refractivity contribution in [3.8, 4) is 22.3 Å². The quantitative estimate of drug-likeness (QED) is 0.153. The van der Waals surface area contributed by atoms with E-state index in [1.807, 2.05) is 11.3 Å². The molecule has 1 aliphatic rings. The number of benzene rings is 10. The molecule has 0 radical (unpaired) electrons. The van der Waals surface area contributed by atoms with Gasteiger partial charge < -0.3 is 0 Å². The number of hydrogen-bond acceptors (Lipinski definition) is 1. The van der Waals surface area contributed by atoms with E-state index in [-0.39, 0.29) is 5.41 Å². The van der Waals surface area contributed by atoms with E-state index in [2.05, 4.69) is 208 Å². The highest BCUT2D eigenvalue weighted by molar-refractivity contribution is 8.34. The molecule has 0 spiro atoms. The van der Waals surface area contributed by atoms with Crippen molar-refractivity contribution in [2.24, 2.45) is 0 Å². The summed E-state index contributed by atoms with van der Waals surface area (Å²) in [5.74, 6) is 0. The Balaban J connectivity index is 1.15. The van der Waals surface area contributed by atoms with Gasteiger partial charge in [0.2, 0.25) is 0 Å². The van der Waals surface area contributed by atoms with E-state index >= 15 is 0 Å². The zero-order valence-electron chi connectivity index (χ0n) is 31.8. The number of thiophene rings is 1. The molecule has 0 saturated carbocycles. The minimum atomic E-state index is -1.88. The van der Waals surface area contributed by atoms with Gasteiger partial charge in [-0.3, -0.25) is 0 Å². The van der Waals surface area contributed by atoms with Crippen LogP contribution >= 0.6 is 21.4 Å². The molecule has 0 N–H and O–H groups in total. The molecule has 0 bridgehead atoms. The largest absolute Gasteiger partial charge is 0.135 e. The summed E-state index contributed by atoms with van der Waals surface area (Å²) < 4.78 is 2.70. The van der Waals surface area contributed by atoms with Gasteiger partial charge in [-0.1, -0.05) is 147 Å². The first-order valence-electron chi connectivity index (χ1n) is 19.8. The lowest BCUT2D eigenvalue weighted by Crippen LogP contribution is -2.14. The van der Waals surface area contributed by atoms with Crippen LogP contribution in [0.25, 0.3) is 74.7 Å². The van der Waals surface area contributed by atoms with Crippen LogP contribution in [0.2, 0.25) is 0 Å². The van der Waals surface area contributed by atoms with Crippen molar-refractivity contribution in [1.82, 2.24) is 0 Å². The fourth-order valence-electron chi connectivity index (χ4n) is 10.2. The number of hydrogen-bond donors (Lipinski definition) is 0. The molecule has 0 nitrogen and oxygen atoms in total. The highest BCUT2D eigenvalue weighted by Gasteiger charge is 2.37. The standard InChI is InChI=1S/C55H38S2/c1-55(2)47-23-13-12-21-41(47)45-33-46-50(34-48(45)55)56-49-24-14-22-42(54(46)49)40-29-25-35-27-31-44-51(32-28-36-26-30-43(40)52(35)53(36)44)57(37-15-6-3-7-16-37,38-17-8-4-9-18-38)39-19-10-5-11-20-39/h3-34H,1-2H3. The molecule has 11 aromatic rings. The Morgan fingerprint density at radius 1 is 0.368 bits per heavy atom. The van der Waals surface area contributed by atoms with Gasteiger partial charge in [0.25, 0.3) is 0 Å². The highest BCUT2D eigenvalue weighted by atomic mass is 32.3. The number of fused-ring (bicyclic) bond motifs is 6. The van der Waals surface area contributed by atoms with E-state index in [9.17, 15) is 0 Å². The molecule has 1 aromatic heterocycles. The molecule has 57 heavy (non-hydrogen) atoms. The molecule has 0 amide bonds. The smallest absolute Gasteiger partial charge is 0.0361 e. The summed E-state index contributed by atoms with van der Waals surface area (Å²) in [6, 6.07) is 73.6. The second-order valence-corrected chi connectivity index (χ2v) is 20.2. The lowest BCUT2D eigenvalue weighted by Gasteiger charge is -2.43. The van der Waals surface area contributed by atoms with Crippen molar-refractivity contribution < 1.29 is 0 Å². The average Bonchev–Trinajstić information content (AvgIpc) is 3.75. The van der Waals surface area contributed by atoms with Gasteiger partial charge >= 0.3 is 0 Å². The van der Waals surface area contributed by atoms with Crippen LogP contribution in [-0.2, 0) is 5.41 Å². The lowest BCUT2D eigenvalue weighted by atomic mass is 9.82. The third-order valence-corrected chi connectivity index (χ3v) is 17.8. The minimum Gasteiger partial charge on any atom is -0.135 e. The molecule has 0 fully saturated rings. The maximum Gasteiger partial charge on any atom is 0.0361 e. The van der Waals surface area contributed by atoms with Gasteiger partial charge in [0.15, 0.2) is 0 Å². The highest BCUT2D eigenvalue weighted by Crippen LogP contribution is 2.74. The van der Waals surface area contributed by atoms with E-state index in [0.29, 0.717) is 0 Å². The summed E-state index contributed by atoms with van der Waals surface area (Å²) in [5.41, 5.74) is 8.18. The summed E-state index contributed by atoms with van der Waals surface area (Å²) in [5, 5.41) is 10.6. The van der Waals surface area contributed by atoms with E-state index in [1.165, 1.54) is 105 Å². The molecule has 0 saturated heterocycles. The molecule has 12 rings (SSSR count). The predicted octanol–water partition coefficient (Wildman–Crippen LogP) is 16.3. The van der Waals surface area contributed by atoms with Crippen molar-refractivity contribution in [2.75, 3.05) is 0 Å². The van der Waals surface area contributed by atoms with E-state index < -0.39 is 10.0 Å². The van der Waals surface area contributed by atoms with Crippen LogP contribution in [0.15, 0.2) is 214 Å². The van der Waals surface area contributed by atoms with Crippen LogP contribution in [0.4, 0.5) is 0 Å². The zero-order valence-corrected chi connectivity index (χ0v) is 33.4. The Bertz CT molecular complexity index is 3260. The summed E-state index contributed by atoms with van der Waals surface area (Å²) in [6.45, 7) is 4.76. The zero-order chi connectivity index (χ0) is 37.9. The van der Waals surface area contributed by atoms with E-state index in [1.54, 1.807) is 0 Å². The first-order chi connectivity index (χ1) is 28.0. The Kier molecular flexibility index (Phi) is 7.04. The Morgan fingerprint density at radius 2 is 0.930 bits per heavy atom. The second-order valence-electron chi connectivity index (χ2n) is 16.0. The molecular formula is C55H38S2. The Labute approximate surface area is 338 Å². The van der Waals surface area contributed by atoms with E-state index in [0.717, 1.165) is 0 Å². The average molecular weight is 763 g/mol. The third-order valence-electron chi connectivity index (χ3n) is 12.7. The summed E-state index contributed by atoms with van der Waals surface area (Å²) in [4.78, 5) is 5.39. The van der Waals surface area contributed by atoms with Gasteiger partial charge in [-0.05, 0) is 126 Å². The minimum absolute atomic E-state index is 0.0229. The van der Waals surface area contributed by atoms with Crippen LogP contribution in [0, 0.1) is 0 Å². The molecule has 0 atom stereocenters. The van der Waals surface area contributed by atoms with Gasteiger partial charge in [-0.2, -0.15) is 0 Å². The topological polar surface area (TPSA) is 0 Å².